The molecule has 0 unspecified atom stereocenters. The van der Waals surface area contributed by atoms with Gasteiger partial charge in [-0.2, -0.15) is 9.67 Å². The Kier molecular flexibility index (Phi) is 3.87. The van der Waals surface area contributed by atoms with Crippen molar-refractivity contribution >= 4 is 17.5 Å². The van der Waals surface area contributed by atoms with Gasteiger partial charge in [0.15, 0.2) is 0 Å². The Morgan fingerprint density at radius 1 is 1.16 bits per heavy atom. The third-order valence-corrected chi connectivity index (χ3v) is 4.06. The minimum atomic E-state index is -0.321. The molecule has 1 fully saturated rings. The van der Waals surface area contributed by atoms with E-state index in [4.69, 9.17) is 5.73 Å². The fraction of sp³-hybridized carbons (Fsp3) is 0.176. The van der Waals surface area contributed by atoms with Gasteiger partial charge in [-0.05, 0) is 36.4 Å². The lowest BCUT2D eigenvalue weighted by Gasteiger charge is -2.16. The predicted octanol–water partition coefficient (Wildman–Crippen LogP) is 0.978. The molecule has 1 aliphatic rings. The van der Waals surface area contributed by atoms with Crippen LogP contribution in [0.15, 0.2) is 48.7 Å². The van der Waals surface area contributed by atoms with Gasteiger partial charge in [-0.1, -0.05) is 6.07 Å². The number of aromatic nitrogens is 4. The molecule has 0 spiro atoms. The molecule has 8 heteroatoms. The summed E-state index contributed by atoms with van der Waals surface area (Å²) in [5, 5.41) is 7.48. The van der Waals surface area contributed by atoms with E-state index in [1.165, 1.54) is 0 Å². The summed E-state index contributed by atoms with van der Waals surface area (Å²) in [5.74, 6) is 0.0444. The number of carbonyl (C=O) groups is 1. The van der Waals surface area contributed by atoms with Crippen molar-refractivity contribution in [3.63, 3.8) is 0 Å². The quantitative estimate of drug-likeness (QED) is 0.735. The molecule has 0 aliphatic carbocycles. The van der Waals surface area contributed by atoms with E-state index in [-0.39, 0.29) is 11.9 Å². The molecular weight excluding hydrogens is 318 g/mol. The molecule has 0 radical (unpaired) electrons. The summed E-state index contributed by atoms with van der Waals surface area (Å²) in [5.41, 5.74) is 8.01. The van der Waals surface area contributed by atoms with E-state index < -0.39 is 0 Å². The van der Waals surface area contributed by atoms with Gasteiger partial charge in [0.2, 0.25) is 11.8 Å². The van der Waals surface area contributed by atoms with E-state index in [9.17, 15) is 4.79 Å². The van der Waals surface area contributed by atoms with E-state index in [2.05, 4.69) is 25.3 Å². The summed E-state index contributed by atoms with van der Waals surface area (Å²) in [6.45, 7) is 2.74. The molecule has 0 saturated carbocycles. The van der Waals surface area contributed by atoms with E-state index >= 15 is 0 Å². The monoisotopic (exact) mass is 335 g/mol. The molecule has 3 aromatic rings. The summed E-state index contributed by atoms with van der Waals surface area (Å²) in [6, 6.07) is 12.8. The summed E-state index contributed by atoms with van der Waals surface area (Å²) >= 11 is 0. The number of hydrogen-bond acceptors (Lipinski definition) is 7. The zero-order chi connectivity index (χ0) is 17.2. The number of benzene rings is 1. The summed E-state index contributed by atoms with van der Waals surface area (Å²) in [7, 11) is 0. The molecule has 2 aromatic heterocycles. The normalized spacial score (nSPS) is 14.0. The molecule has 0 bridgehead atoms. The lowest BCUT2D eigenvalue weighted by Crippen LogP contribution is -2.21. The Bertz CT molecular complexity index is 883. The third kappa shape index (κ3) is 2.94. The van der Waals surface area contributed by atoms with Gasteiger partial charge in [0.05, 0.1) is 6.67 Å². The Morgan fingerprint density at radius 2 is 2.00 bits per heavy atom. The van der Waals surface area contributed by atoms with Gasteiger partial charge in [0.1, 0.15) is 5.69 Å². The lowest BCUT2D eigenvalue weighted by atomic mass is 10.2. The standard InChI is InChI=1S/C17H17N7O/c18-17-21-15(14-3-1-2-8-20-14)22-24(17)16(25)12-4-6-13(7-5-12)23-10-9-19-11-23/h1-8,19H,9-11H2,(H2,18,21,22). The van der Waals surface area contributed by atoms with Crippen LogP contribution >= 0.6 is 0 Å². The summed E-state index contributed by atoms with van der Waals surface area (Å²) in [6.07, 6.45) is 1.64. The van der Waals surface area contributed by atoms with Crippen molar-refractivity contribution in [2.24, 2.45) is 0 Å². The molecule has 25 heavy (non-hydrogen) atoms. The number of anilines is 2. The molecule has 1 aromatic carbocycles. The van der Waals surface area contributed by atoms with Crippen LogP contribution in [0.3, 0.4) is 0 Å². The van der Waals surface area contributed by atoms with E-state index in [0.29, 0.717) is 17.1 Å². The van der Waals surface area contributed by atoms with E-state index in [1.807, 2.05) is 18.2 Å². The van der Waals surface area contributed by atoms with Gasteiger partial charge in [-0.15, -0.1) is 5.10 Å². The molecule has 0 amide bonds. The number of nitrogen functional groups attached to an aromatic ring is 1. The summed E-state index contributed by atoms with van der Waals surface area (Å²) < 4.78 is 1.11. The second-order valence-corrected chi connectivity index (χ2v) is 5.69. The Labute approximate surface area is 144 Å². The molecule has 4 rings (SSSR count). The predicted molar refractivity (Wildman–Crippen MR) is 94.1 cm³/mol. The highest BCUT2D eigenvalue weighted by atomic mass is 16.2. The molecule has 126 valence electrons. The maximum Gasteiger partial charge on any atom is 0.281 e. The SMILES string of the molecule is Nc1nc(-c2ccccn2)nn1C(=O)c1ccc(N2CCNC2)cc1. The van der Waals surface area contributed by atoms with E-state index in [0.717, 1.165) is 30.1 Å². The van der Waals surface area contributed by atoms with Crippen molar-refractivity contribution in [2.45, 2.75) is 0 Å². The largest absolute Gasteiger partial charge is 0.368 e. The van der Waals surface area contributed by atoms with E-state index in [1.54, 1.807) is 30.5 Å². The first-order valence-corrected chi connectivity index (χ1v) is 7.97. The molecule has 3 heterocycles. The van der Waals surface area contributed by atoms with Gasteiger partial charge in [0, 0.05) is 30.5 Å². The first-order valence-electron chi connectivity index (χ1n) is 7.97. The average Bonchev–Trinajstić information content (AvgIpc) is 3.32. The zero-order valence-electron chi connectivity index (χ0n) is 13.5. The molecule has 3 N–H and O–H groups in total. The molecular formula is C17H17N7O. The fourth-order valence-electron chi connectivity index (χ4n) is 2.74. The number of hydrogen-bond donors (Lipinski definition) is 2. The maximum absolute atomic E-state index is 12.7. The molecule has 1 aliphatic heterocycles. The van der Waals surface area contributed by atoms with Crippen molar-refractivity contribution in [3.05, 3.63) is 54.2 Å². The number of carbonyl (C=O) groups excluding carboxylic acids is 1. The minimum Gasteiger partial charge on any atom is -0.368 e. The van der Waals surface area contributed by atoms with Crippen LogP contribution in [0.4, 0.5) is 11.6 Å². The van der Waals surface area contributed by atoms with Crippen LogP contribution in [0.2, 0.25) is 0 Å². The number of pyridine rings is 1. The van der Waals surface area contributed by atoms with Crippen molar-refractivity contribution in [2.75, 3.05) is 30.4 Å². The second kappa shape index (κ2) is 6.33. The molecule has 0 atom stereocenters. The molecule has 1 saturated heterocycles. The third-order valence-electron chi connectivity index (χ3n) is 4.06. The first kappa shape index (κ1) is 15.3. The fourth-order valence-corrected chi connectivity index (χ4v) is 2.74. The van der Waals surface area contributed by atoms with Gasteiger partial charge < -0.3 is 10.6 Å². The zero-order valence-corrected chi connectivity index (χ0v) is 13.5. The van der Waals surface area contributed by atoms with Crippen LogP contribution in [-0.2, 0) is 0 Å². The van der Waals surface area contributed by atoms with Crippen molar-refractivity contribution in [3.8, 4) is 11.5 Å². The van der Waals surface area contributed by atoms with Crippen molar-refractivity contribution in [1.82, 2.24) is 25.1 Å². The number of rotatable bonds is 3. The smallest absolute Gasteiger partial charge is 0.281 e. The van der Waals surface area contributed by atoms with Crippen molar-refractivity contribution < 1.29 is 4.79 Å². The Balaban J connectivity index is 1.59. The number of nitrogens with zero attached hydrogens (tertiary/aromatic N) is 5. The second-order valence-electron chi connectivity index (χ2n) is 5.69. The van der Waals surface area contributed by atoms with Gasteiger partial charge in [-0.25, -0.2) is 0 Å². The van der Waals surface area contributed by atoms with Gasteiger partial charge in [-0.3, -0.25) is 15.1 Å². The minimum absolute atomic E-state index is 0.0403. The highest BCUT2D eigenvalue weighted by Gasteiger charge is 2.18. The van der Waals surface area contributed by atoms with Crippen LogP contribution < -0.4 is 16.0 Å². The van der Waals surface area contributed by atoms with Crippen molar-refractivity contribution in [1.29, 1.82) is 0 Å². The average molecular weight is 335 g/mol. The Morgan fingerprint density at radius 3 is 2.68 bits per heavy atom. The highest BCUT2D eigenvalue weighted by molar-refractivity contribution is 5.97. The van der Waals surface area contributed by atoms with Crippen LogP contribution in [0.25, 0.3) is 11.5 Å². The first-order chi connectivity index (χ1) is 12.2. The number of nitrogens with two attached hydrogens (primary N) is 1. The maximum atomic E-state index is 12.7. The van der Waals surface area contributed by atoms with Gasteiger partial charge in [0.25, 0.3) is 5.91 Å². The highest BCUT2D eigenvalue weighted by Crippen LogP contribution is 2.18. The van der Waals surface area contributed by atoms with Crippen LogP contribution in [0.5, 0.6) is 0 Å². The van der Waals surface area contributed by atoms with Gasteiger partial charge >= 0.3 is 0 Å². The lowest BCUT2D eigenvalue weighted by molar-refractivity contribution is 0.0948. The molecule has 8 nitrogen and oxygen atoms in total. The van der Waals surface area contributed by atoms with Crippen LogP contribution in [-0.4, -0.2) is 45.4 Å². The Hall–Kier alpha value is -3.26. The van der Waals surface area contributed by atoms with Crippen LogP contribution in [0, 0.1) is 0 Å². The number of nitrogens with one attached hydrogen (secondary N) is 1. The van der Waals surface area contributed by atoms with Crippen LogP contribution in [0.1, 0.15) is 10.4 Å². The summed E-state index contributed by atoms with van der Waals surface area (Å²) in [4.78, 5) is 23.2. The topological polar surface area (TPSA) is 102 Å².